The molecule has 2 heterocycles. The van der Waals surface area contributed by atoms with Crippen molar-refractivity contribution in [1.29, 1.82) is 0 Å². The van der Waals surface area contributed by atoms with Gasteiger partial charge in [0, 0.05) is 18.0 Å². The van der Waals surface area contributed by atoms with Crippen molar-refractivity contribution in [2.45, 2.75) is 69.5 Å². The topological polar surface area (TPSA) is 79.9 Å². The summed E-state index contributed by atoms with van der Waals surface area (Å²) < 4.78 is 43.1. The first-order valence-electron chi connectivity index (χ1n) is 10.9. The smallest absolute Gasteiger partial charge is 0.422 e. The third-order valence-corrected chi connectivity index (χ3v) is 6.01. The molecule has 168 valence electrons. The van der Waals surface area contributed by atoms with Gasteiger partial charge in [-0.3, -0.25) is 9.89 Å². The van der Waals surface area contributed by atoms with Crippen LogP contribution in [0.5, 0.6) is 5.88 Å². The Labute approximate surface area is 179 Å². The Morgan fingerprint density at radius 3 is 2.65 bits per heavy atom. The highest BCUT2D eigenvalue weighted by atomic mass is 19.4. The van der Waals surface area contributed by atoms with E-state index in [-0.39, 0.29) is 23.7 Å². The van der Waals surface area contributed by atoms with Crippen molar-refractivity contribution in [1.82, 2.24) is 20.5 Å². The van der Waals surface area contributed by atoms with Gasteiger partial charge in [-0.05, 0) is 43.2 Å². The molecule has 0 aromatic carbocycles. The van der Waals surface area contributed by atoms with Crippen LogP contribution in [0.15, 0.2) is 24.5 Å². The number of ether oxygens (including phenoxy) is 1. The fraction of sp³-hybridized carbons (Fsp3) is 0.591. The van der Waals surface area contributed by atoms with Crippen LogP contribution >= 0.6 is 0 Å². The molecule has 1 atom stereocenters. The van der Waals surface area contributed by atoms with Gasteiger partial charge in [0.1, 0.15) is 0 Å². The van der Waals surface area contributed by atoms with E-state index in [4.69, 9.17) is 4.74 Å². The Morgan fingerprint density at radius 2 is 2.00 bits per heavy atom. The largest absolute Gasteiger partial charge is 0.468 e. The van der Waals surface area contributed by atoms with Gasteiger partial charge in [-0.2, -0.15) is 18.3 Å². The maximum Gasteiger partial charge on any atom is 0.422 e. The highest BCUT2D eigenvalue weighted by molar-refractivity contribution is 5.94. The summed E-state index contributed by atoms with van der Waals surface area (Å²) in [6.45, 7) is -1.39. The van der Waals surface area contributed by atoms with Gasteiger partial charge in [0.2, 0.25) is 5.88 Å². The second-order valence-electron chi connectivity index (χ2n) is 8.56. The van der Waals surface area contributed by atoms with Crippen LogP contribution in [-0.2, 0) is 0 Å². The molecule has 4 rings (SSSR count). The maximum absolute atomic E-state index is 13.0. The van der Waals surface area contributed by atoms with E-state index in [2.05, 4.69) is 20.5 Å². The van der Waals surface area contributed by atoms with Crippen LogP contribution in [0.3, 0.4) is 0 Å². The molecule has 0 radical (unpaired) electrons. The number of carbonyl (C=O) groups is 1. The molecular formula is C22H27F3N4O2. The van der Waals surface area contributed by atoms with E-state index in [0.29, 0.717) is 17.0 Å². The molecule has 0 aliphatic heterocycles. The molecule has 0 spiro atoms. The number of nitrogens with one attached hydrogen (secondary N) is 2. The zero-order valence-corrected chi connectivity index (χ0v) is 17.3. The first kappa shape index (κ1) is 21.6. The van der Waals surface area contributed by atoms with Gasteiger partial charge in [-0.15, -0.1) is 0 Å². The number of hydrogen-bond acceptors (Lipinski definition) is 4. The summed E-state index contributed by atoms with van der Waals surface area (Å²) in [5, 5.41) is 10.0. The van der Waals surface area contributed by atoms with Gasteiger partial charge >= 0.3 is 6.18 Å². The molecule has 2 saturated carbocycles. The number of aromatic amines is 1. The van der Waals surface area contributed by atoms with Crippen molar-refractivity contribution >= 4 is 5.91 Å². The zero-order chi connectivity index (χ0) is 21.8. The van der Waals surface area contributed by atoms with Gasteiger partial charge in [0.25, 0.3) is 5.91 Å². The third-order valence-electron chi connectivity index (χ3n) is 6.01. The quantitative estimate of drug-likeness (QED) is 0.606. The van der Waals surface area contributed by atoms with E-state index < -0.39 is 12.8 Å². The Morgan fingerprint density at radius 1 is 1.23 bits per heavy atom. The van der Waals surface area contributed by atoms with Crippen molar-refractivity contribution in [3.05, 3.63) is 41.3 Å². The number of rotatable bonds is 8. The molecule has 31 heavy (non-hydrogen) atoms. The highest BCUT2D eigenvalue weighted by Gasteiger charge is 2.31. The fourth-order valence-electron chi connectivity index (χ4n) is 4.22. The maximum atomic E-state index is 13.0. The molecule has 2 aliphatic carbocycles. The van der Waals surface area contributed by atoms with Crippen molar-refractivity contribution in [3.63, 3.8) is 0 Å². The summed E-state index contributed by atoms with van der Waals surface area (Å²) in [7, 11) is 0. The number of amides is 1. The molecule has 2 N–H and O–H groups in total. The summed E-state index contributed by atoms with van der Waals surface area (Å²) in [5.41, 5.74) is 1.69. The lowest BCUT2D eigenvalue weighted by atomic mass is 9.84. The summed E-state index contributed by atoms with van der Waals surface area (Å²) in [4.78, 5) is 17.1. The summed E-state index contributed by atoms with van der Waals surface area (Å²) >= 11 is 0. The monoisotopic (exact) mass is 436 g/mol. The van der Waals surface area contributed by atoms with Gasteiger partial charge in [-0.1, -0.05) is 32.1 Å². The first-order valence-corrected chi connectivity index (χ1v) is 10.9. The molecule has 9 heteroatoms. The lowest BCUT2D eigenvalue weighted by Gasteiger charge is -2.24. The minimum Gasteiger partial charge on any atom is -0.468 e. The Balaban J connectivity index is 1.54. The van der Waals surface area contributed by atoms with Crippen molar-refractivity contribution < 1.29 is 22.7 Å². The van der Waals surface area contributed by atoms with Crippen LogP contribution < -0.4 is 10.1 Å². The van der Waals surface area contributed by atoms with E-state index in [0.717, 1.165) is 57.1 Å². The van der Waals surface area contributed by atoms with Gasteiger partial charge in [0.15, 0.2) is 6.61 Å². The summed E-state index contributed by atoms with van der Waals surface area (Å²) in [5.74, 6) is 0.296. The zero-order valence-electron chi connectivity index (χ0n) is 17.3. The van der Waals surface area contributed by atoms with E-state index in [9.17, 15) is 18.0 Å². The standard InChI is InChI=1S/C22H27F3N4O2/c23-22(24,25)13-31-21-17(15-4-2-1-3-5-15)11-16(12-26-21)20(30)28-19(10-14-6-7-14)18-8-9-27-29-18/h8-9,11-12,14-15,19H,1-7,10,13H2,(H,27,29)(H,28,30). The molecule has 2 aromatic rings. The Bertz CT molecular complexity index is 875. The minimum absolute atomic E-state index is 0.0254. The molecule has 2 fully saturated rings. The molecule has 0 bridgehead atoms. The number of nitrogens with zero attached hydrogens (tertiary/aromatic N) is 2. The van der Waals surface area contributed by atoms with Gasteiger partial charge < -0.3 is 10.1 Å². The Kier molecular flexibility index (Phi) is 6.48. The number of alkyl halides is 3. The van der Waals surface area contributed by atoms with E-state index in [1.165, 1.54) is 6.20 Å². The van der Waals surface area contributed by atoms with Crippen LogP contribution in [0.1, 0.15) is 84.9 Å². The van der Waals surface area contributed by atoms with Crippen molar-refractivity contribution in [3.8, 4) is 5.88 Å². The van der Waals surface area contributed by atoms with Crippen LogP contribution in [0, 0.1) is 5.92 Å². The first-order chi connectivity index (χ1) is 14.9. The van der Waals surface area contributed by atoms with Crippen LogP contribution in [0.25, 0.3) is 0 Å². The fourth-order valence-corrected chi connectivity index (χ4v) is 4.22. The Hall–Kier alpha value is -2.58. The number of halogens is 3. The number of aromatic nitrogens is 3. The minimum atomic E-state index is -4.44. The third kappa shape index (κ3) is 5.98. The molecule has 1 unspecified atom stereocenters. The van der Waals surface area contributed by atoms with Crippen LogP contribution in [-0.4, -0.2) is 33.9 Å². The lowest BCUT2D eigenvalue weighted by molar-refractivity contribution is -0.154. The van der Waals surface area contributed by atoms with Crippen molar-refractivity contribution in [2.24, 2.45) is 5.92 Å². The van der Waals surface area contributed by atoms with Gasteiger partial charge in [0.05, 0.1) is 17.3 Å². The molecule has 2 aromatic heterocycles. The van der Waals surface area contributed by atoms with Gasteiger partial charge in [-0.25, -0.2) is 4.98 Å². The predicted octanol–water partition coefficient (Wildman–Crippen LogP) is 5.06. The number of hydrogen-bond donors (Lipinski definition) is 2. The van der Waals surface area contributed by atoms with E-state index >= 15 is 0 Å². The molecule has 1 amide bonds. The number of pyridine rings is 1. The molecular weight excluding hydrogens is 409 g/mol. The average Bonchev–Trinajstić information content (AvgIpc) is 3.40. The number of H-pyrrole nitrogens is 1. The average molecular weight is 436 g/mol. The second kappa shape index (κ2) is 9.28. The molecule has 6 nitrogen and oxygen atoms in total. The lowest BCUT2D eigenvalue weighted by Crippen LogP contribution is -2.29. The SMILES string of the molecule is O=C(NC(CC1CC1)c1cc[nH]n1)c1cnc(OCC(F)(F)F)c(C2CCCCC2)c1. The normalized spacial score (nSPS) is 18.5. The second-order valence-corrected chi connectivity index (χ2v) is 8.56. The number of carbonyl (C=O) groups excluding carboxylic acids is 1. The summed E-state index contributed by atoms with van der Waals surface area (Å²) in [6.07, 6.45) is 6.50. The van der Waals surface area contributed by atoms with Crippen LogP contribution in [0.2, 0.25) is 0 Å². The highest BCUT2D eigenvalue weighted by Crippen LogP contribution is 2.39. The molecule has 2 aliphatic rings. The van der Waals surface area contributed by atoms with Crippen molar-refractivity contribution in [2.75, 3.05) is 6.61 Å². The van der Waals surface area contributed by atoms with Crippen LogP contribution in [0.4, 0.5) is 13.2 Å². The predicted molar refractivity (Wildman–Crippen MR) is 108 cm³/mol. The van der Waals surface area contributed by atoms with E-state index in [1.54, 1.807) is 12.3 Å². The van der Waals surface area contributed by atoms with E-state index in [1.807, 2.05) is 6.07 Å². The molecule has 0 saturated heterocycles. The summed E-state index contributed by atoms with van der Waals surface area (Å²) in [6, 6.07) is 3.28.